The highest BCUT2D eigenvalue weighted by Crippen LogP contribution is 2.14. The van der Waals surface area contributed by atoms with Crippen molar-refractivity contribution < 1.29 is 13.2 Å². The van der Waals surface area contributed by atoms with Crippen LogP contribution in [0.3, 0.4) is 0 Å². The maximum absolute atomic E-state index is 12.4. The van der Waals surface area contributed by atoms with Gasteiger partial charge in [0.05, 0.1) is 17.5 Å². The van der Waals surface area contributed by atoms with Crippen molar-refractivity contribution in [2.45, 2.75) is 37.8 Å². The van der Waals surface area contributed by atoms with Gasteiger partial charge in [-0.2, -0.15) is 0 Å². The lowest BCUT2D eigenvalue weighted by Crippen LogP contribution is -2.38. The van der Waals surface area contributed by atoms with Crippen molar-refractivity contribution in [2.75, 3.05) is 27.3 Å². The molecule has 0 aliphatic carbocycles. The van der Waals surface area contributed by atoms with Crippen LogP contribution in [0.2, 0.25) is 0 Å². The van der Waals surface area contributed by atoms with Crippen molar-refractivity contribution in [1.29, 1.82) is 0 Å². The van der Waals surface area contributed by atoms with Gasteiger partial charge in [0, 0.05) is 27.2 Å². The molecule has 1 atom stereocenters. The van der Waals surface area contributed by atoms with Crippen molar-refractivity contribution in [3.05, 3.63) is 65.2 Å². The molecule has 0 saturated carbocycles. The zero-order chi connectivity index (χ0) is 22.0. The number of ether oxygens (including phenoxy) is 1. The second kappa shape index (κ2) is 13.7. The fourth-order valence-corrected chi connectivity index (χ4v) is 3.98. The van der Waals surface area contributed by atoms with Crippen LogP contribution in [-0.4, -0.2) is 41.7 Å². The summed E-state index contributed by atoms with van der Waals surface area (Å²) in [6.45, 7) is 5.21. The lowest BCUT2D eigenvalue weighted by Gasteiger charge is -2.19. The molecule has 9 heteroatoms. The summed E-state index contributed by atoms with van der Waals surface area (Å²) in [5, 5.41) is 6.61. The largest absolute Gasteiger partial charge is 0.383 e. The zero-order valence-corrected chi connectivity index (χ0v) is 21.7. The number of methoxy groups -OCH3 is 1. The Kier molecular flexibility index (Phi) is 12.1. The highest BCUT2D eigenvalue weighted by molar-refractivity contribution is 14.0. The number of nitrogens with zero attached hydrogens (tertiary/aromatic N) is 1. The smallest absolute Gasteiger partial charge is 0.240 e. The van der Waals surface area contributed by atoms with Gasteiger partial charge in [0.1, 0.15) is 0 Å². The highest BCUT2D eigenvalue weighted by atomic mass is 127. The number of aryl methyl sites for hydroxylation is 1. The number of rotatable bonds is 10. The summed E-state index contributed by atoms with van der Waals surface area (Å²) in [7, 11) is -0.322. The van der Waals surface area contributed by atoms with Crippen molar-refractivity contribution in [2.24, 2.45) is 4.99 Å². The minimum atomic E-state index is -3.56. The first kappa shape index (κ1) is 27.3. The molecule has 0 aromatic heterocycles. The van der Waals surface area contributed by atoms with Gasteiger partial charge >= 0.3 is 0 Å². The van der Waals surface area contributed by atoms with Gasteiger partial charge in [0.25, 0.3) is 0 Å². The highest BCUT2D eigenvalue weighted by Gasteiger charge is 2.14. The van der Waals surface area contributed by atoms with Crippen molar-refractivity contribution >= 4 is 40.0 Å². The normalized spacial score (nSPS) is 12.7. The molecule has 2 rings (SSSR count). The number of nitrogens with one attached hydrogen (secondary N) is 3. The average Bonchev–Trinajstić information content (AvgIpc) is 2.76. The fourth-order valence-electron chi connectivity index (χ4n) is 2.89. The Morgan fingerprint density at radius 2 is 1.84 bits per heavy atom. The summed E-state index contributed by atoms with van der Waals surface area (Å²) in [4.78, 5) is 4.50. The zero-order valence-electron chi connectivity index (χ0n) is 18.5. The summed E-state index contributed by atoms with van der Waals surface area (Å²) >= 11 is 0. The van der Waals surface area contributed by atoms with Gasteiger partial charge < -0.3 is 15.4 Å². The summed E-state index contributed by atoms with van der Waals surface area (Å²) < 4.78 is 32.2. The average molecular weight is 561 g/mol. The van der Waals surface area contributed by atoms with E-state index in [1.165, 1.54) is 18.2 Å². The summed E-state index contributed by atoms with van der Waals surface area (Å²) in [6, 6.07) is 15.4. The Morgan fingerprint density at radius 1 is 1.13 bits per heavy atom. The SMILES string of the molecule is CCc1ccc(C(C)NC(=NC)NCc2cccc(S(=O)(=O)NCCOC)c2)cc1.I. The number of sulfonamides is 1. The molecular formula is C22H33IN4O3S. The van der Waals surface area contributed by atoms with Crippen LogP contribution >= 0.6 is 24.0 Å². The molecule has 0 amide bonds. The molecule has 2 aromatic carbocycles. The Bertz CT molecular complexity index is 934. The third-order valence-corrected chi connectivity index (χ3v) is 6.19. The second-order valence-corrected chi connectivity index (χ2v) is 8.69. The van der Waals surface area contributed by atoms with E-state index in [2.05, 4.69) is 58.5 Å². The van der Waals surface area contributed by atoms with Crippen LogP contribution in [-0.2, 0) is 27.7 Å². The molecule has 0 heterocycles. The van der Waals surface area contributed by atoms with Crippen molar-refractivity contribution in [3.8, 4) is 0 Å². The van der Waals surface area contributed by atoms with Gasteiger partial charge in [-0.15, -0.1) is 24.0 Å². The molecule has 0 spiro atoms. The Labute approximate surface area is 203 Å². The van der Waals surface area contributed by atoms with Crippen LogP contribution < -0.4 is 15.4 Å². The maximum atomic E-state index is 12.4. The fraction of sp³-hybridized carbons (Fsp3) is 0.409. The molecule has 0 radical (unpaired) electrons. The van der Waals surface area contributed by atoms with Crippen LogP contribution in [0.5, 0.6) is 0 Å². The van der Waals surface area contributed by atoms with Crippen LogP contribution in [0.4, 0.5) is 0 Å². The topological polar surface area (TPSA) is 91.8 Å². The Hall–Kier alpha value is -1.69. The minimum Gasteiger partial charge on any atom is -0.383 e. The van der Waals surface area contributed by atoms with Crippen molar-refractivity contribution in [1.82, 2.24) is 15.4 Å². The quantitative estimate of drug-likeness (QED) is 0.180. The van der Waals surface area contributed by atoms with E-state index in [0.29, 0.717) is 19.1 Å². The molecule has 0 fully saturated rings. The minimum absolute atomic E-state index is 0. The molecular weight excluding hydrogens is 527 g/mol. The van der Waals surface area contributed by atoms with E-state index in [0.717, 1.165) is 12.0 Å². The molecule has 0 bridgehead atoms. The van der Waals surface area contributed by atoms with Crippen LogP contribution in [0.15, 0.2) is 58.4 Å². The number of guanidine groups is 1. The number of benzene rings is 2. The number of aliphatic imine (C=N–C) groups is 1. The number of halogens is 1. The van der Waals surface area contributed by atoms with E-state index in [1.54, 1.807) is 25.2 Å². The first-order valence-electron chi connectivity index (χ1n) is 10.0. The van der Waals surface area contributed by atoms with Crippen LogP contribution in [0.25, 0.3) is 0 Å². The monoisotopic (exact) mass is 560 g/mol. The number of hydrogen-bond donors (Lipinski definition) is 3. The second-order valence-electron chi connectivity index (χ2n) is 6.92. The molecule has 0 aliphatic rings. The number of hydrogen-bond acceptors (Lipinski definition) is 4. The predicted molar refractivity (Wildman–Crippen MR) is 136 cm³/mol. The van der Waals surface area contributed by atoms with Crippen molar-refractivity contribution in [3.63, 3.8) is 0 Å². The van der Waals surface area contributed by atoms with Gasteiger partial charge in [0.15, 0.2) is 5.96 Å². The molecule has 7 nitrogen and oxygen atoms in total. The van der Waals surface area contributed by atoms with Gasteiger partial charge in [-0.05, 0) is 42.2 Å². The lowest BCUT2D eigenvalue weighted by atomic mass is 10.1. The van der Waals surface area contributed by atoms with E-state index in [4.69, 9.17) is 4.74 Å². The predicted octanol–water partition coefficient (Wildman–Crippen LogP) is 3.22. The van der Waals surface area contributed by atoms with Gasteiger partial charge in [-0.1, -0.05) is 43.3 Å². The summed E-state index contributed by atoms with van der Waals surface area (Å²) in [5.74, 6) is 0.647. The van der Waals surface area contributed by atoms with Crippen LogP contribution in [0, 0.1) is 0 Å². The molecule has 31 heavy (non-hydrogen) atoms. The van der Waals surface area contributed by atoms with Gasteiger partial charge in [0.2, 0.25) is 10.0 Å². The lowest BCUT2D eigenvalue weighted by molar-refractivity contribution is 0.204. The van der Waals surface area contributed by atoms with E-state index in [1.807, 2.05) is 6.07 Å². The summed E-state index contributed by atoms with van der Waals surface area (Å²) in [6.07, 6.45) is 1.02. The van der Waals surface area contributed by atoms with E-state index < -0.39 is 10.0 Å². The Balaban J connectivity index is 0.00000480. The van der Waals surface area contributed by atoms with Crippen LogP contribution in [0.1, 0.15) is 36.6 Å². The summed E-state index contributed by atoms with van der Waals surface area (Å²) in [5.41, 5.74) is 3.32. The van der Waals surface area contributed by atoms with Gasteiger partial charge in [-0.25, -0.2) is 13.1 Å². The molecule has 2 aromatic rings. The molecule has 3 N–H and O–H groups in total. The first-order valence-corrected chi connectivity index (χ1v) is 11.5. The van der Waals surface area contributed by atoms with Gasteiger partial charge in [-0.3, -0.25) is 4.99 Å². The third kappa shape index (κ3) is 8.76. The van der Waals surface area contributed by atoms with E-state index in [-0.39, 0.29) is 41.5 Å². The maximum Gasteiger partial charge on any atom is 0.240 e. The molecule has 172 valence electrons. The first-order chi connectivity index (χ1) is 14.4. The standard InChI is InChI=1S/C22H32N4O3S.HI/c1-5-18-9-11-20(12-10-18)17(2)26-22(23-3)24-16-19-7-6-8-21(15-19)30(27,28)25-13-14-29-4;/h6-12,15,17,25H,5,13-14,16H2,1-4H3,(H2,23,24,26);1H. The Morgan fingerprint density at radius 3 is 2.45 bits per heavy atom. The molecule has 0 saturated heterocycles. The van der Waals surface area contributed by atoms with E-state index >= 15 is 0 Å². The third-order valence-electron chi connectivity index (χ3n) is 4.73. The molecule has 0 aliphatic heterocycles. The molecule has 1 unspecified atom stereocenters. The van der Waals surface area contributed by atoms with E-state index in [9.17, 15) is 8.42 Å².